The van der Waals surface area contributed by atoms with Crippen molar-refractivity contribution in [2.24, 2.45) is 0 Å². The van der Waals surface area contributed by atoms with Crippen molar-refractivity contribution in [3.8, 4) is 11.5 Å². The minimum Gasteiger partial charge on any atom is -0.412 e. The number of amides is 1. The lowest BCUT2D eigenvalue weighted by Gasteiger charge is -2.39. The predicted octanol–water partition coefficient (Wildman–Crippen LogP) is 5.59. The monoisotopic (exact) mass is 492 g/mol. The van der Waals surface area contributed by atoms with Crippen molar-refractivity contribution in [3.63, 3.8) is 0 Å². The standard InChI is InChI=1S/C26H22Cl2N4O2/c27-21-10-6-18(7-11-21)23(19-8-12-22(28)13-9-19)31-14-16-32(17-15-31)26(33)25-30-29-24(34-25)20-4-2-1-3-5-20/h1-13,23H,14-17H2. The molecule has 0 bridgehead atoms. The smallest absolute Gasteiger partial charge is 0.311 e. The van der Waals surface area contributed by atoms with Gasteiger partial charge in [-0.05, 0) is 47.5 Å². The summed E-state index contributed by atoms with van der Waals surface area (Å²) < 4.78 is 5.67. The number of hydrogen-bond acceptors (Lipinski definition) is 5. The van der Waals surface area contributed by atoms with E-state index in [1.165, 1.54) is 0 Å². The Bertz CT molecular complexity index is 1210. The molecule has 1 amide bonds. The molecule has 0 aliphatic carbocycles. The molecule has 3 aromatic carbocycles. The lowest BCUT2D eigenvalue weighted by molar-refractivity contribution is 0.0561. The van der Waals surface area contributed by atoms with Crippen LogP contribution in [0.2, 0.25) is 10.0 Å². The van der Waals surface area contributed by atoms with Gasteiger partial charge in [-0.25, -0.2) is 0 Å². The van der Waals surface area contributed by atoms with Gasteiger partial charge in [-0.3, -0.25) is 9.69 Å². The Labute approximate surface area is 207 Å². The maximum absolute atomic E-state index is 13.0. The molecule has 1 saturated heterocycles. The van der Waals surface area contributed by atoms with E-state index in [0.717, 1.165) is 16.7 Å². The Morgan fingerprint density at radius 2 is 1.32 bits per heavy atom. The molecular weight excluding hydrogens is 471 g/mol. The highest BCUT2D eigenvalue weighted by Gasteiger charge is 2.30. The fraction of sp³-hybridized carbons (Fsp3) is 0.192. The van der Waals surface area contributed by atoms with Gasteiger partial charge in [0.15, 0.2) is 0 Å². The summed E-state index contributed by atoms with van der Waals surface area (Å²) in [5.41, 5.74) is 3.06. The van der Waals surface area contributed by atoms with Crippen LogP contribution < -0.4 is 0 Å². The third-order valence-corrected chi connectivity index (χ3v) is 6.47. The molecule has 34 heavy (non-hydrogen) atoms. The third kappa shape index (κ3) is 4.85. The van der Waals surface area contributed by atoms with E-state index in [4.69, 9.17) is 27.6 Å². The zero-order chi connectivity index (χ0) is 23.5. The first-order valence-corrected chi connectivity index (χ1v) is 11.8. The zero-order valence-corrected chi connectivity index (χ0v) is 19.8. The van der Waals surface area contributed by atoms with Gasteiger partial charge in [0.2, 0.25) is 5.89 Å². The fourth-order valence-corrected chi connectivity index (χ4v) is 4.48. The molecule has 0 unspecified atom stereocenters. The first-order chi connectivity index (χ1) is 16.6. The van der Waals surface area contributed by atoms with Gasteiger partial charge in [-0.15, -0.1) is 10.2 Å². The predicted molar refractivity (Wildman–Crippen MR) is 132 cm³/mol. The number of rotatable bonds is 5. The van der Waals surface area contributed by atoms with Crippen LogP contribution in [0.4, 0.5) is 0 Å². The van der Waals surface area contributed by atoms with Gasteiger partial charge in [0.05, 0.1) is 6.04 Å². The lowest BCUT2D eigenvalue weighted by atomic mass is 9.96. The van der Waals surface area contributed by atoms with E-state index in [2.05, 4.69) is 15.1 Å². The van der Waals surface area contributed by atoms with Crippen molar-refractivity contribution >= 4 is 29.1 Å². The summed E-state index contributed by atoms with van der Waals surface area (Å²) in [6.07, 6.45) is 0. The molecule has 172 valence electrons. The molecule has 6 nitrogen and oxygen atoms in total. The van der Waals surface area contributed by atoms with Gasteiger partial charge in [0.25, 0.3) is 0 Å². The van der Waals surface area contributed by atoms with E-state index in [0.29, 0.717) is 42.1 Å². The SMILES string of the molecule is O=C(c1nnc(-c2ccccc2)o1)N1CCN(C(c2ccc(Cl)cc2)c2ccc(Cl)cc2)CC1. The number of piperazine rings is 1. The number of halogens is 2. The van der Waals surface area contributed by atoms with Gasteiger partial charge >= 0.3 is 11.8 Å². The van der Waals surface area contributed by atoms with Crippen LogP contribution >= 0.6 is 23.2 Å². The zero-order valence-electron chi connectivity index (χ0n) is 18.3. The minimum atomic E-state index is -0.246. The van der Waals surface area contributed by atoms with Crippen molar-refractivity contribution in [2.45, 2.75) is 6.04 Å². The average molecular weight is 493 g/mol. The maximum Gasteiger partial charge on any atom is 0.311 e. The highest BCUT2D eigenvalue weighted by molar-refractivity contribution is 6.30. The number of carbonyl (C=O) groups excluding carboxylic acids is 1. The highest BCUT2D eigenvalue weighted by Crippen LogP contribution is 2.31. The molecule has 4 aromatic rings. The Balaban J connectivity index is 1.31. The Kier molecular flexibility index (Phi) is 6.63. The summed E-state index contributed by atoms with van der Waals surface area (Å²) in [6, 6.07) is 25.2. The summed E-state index contributed by atoms with van der Waals surface area (Å²) in [7, 11) is 0. The molecule has 0 radical (unpaired) electrons. The molecule has 0 N–H and O–H groups in total. The lowest BCUT2D eigenvalue weighted by Crippen LogP contribution is -2.50. The van der Waals surface area contributed by atoms with Crippen LogP contribution in [0.5, 0.6) is 0 Å². The van der Waals surface area contributed by atoms with Gasteiger partial charge in [-0.2, -0.15) is 0 Å². The summed E-state index contributed by atoms with van der Waals surface area (Å²) in [6.45, 7) is 2.50. The van der Waals surface area contributed by atoms with Crippen molar-refractivity contribution < 1.29 is 9.21 Å². The summed E-state index contributed by atoms with van der Waals surface area (Å²) in [4.78, 5) is 17.1. The average Bonchev–Trinajstić information content (AvgIpc) is 3.37. The summed E-state index contributed by atoms with van der Waals surface area (Å²) in [5.74, 6) is 0.108. The van der Waals surface area contributed by atoms with Crippen LogP contribution in [0, 0.1) is 0 Å². The Morgan fingerprint density at radius 1 is 0.765 bits per heavy atom. The first kappa shape index (κ1) is 22.6. The Morgan fingerprint density at radius 3 is 1.88 bits per heavy atom. The molecule has 8 heteroatoms. The molecular formula is C26H22Cl2N4O2. The minimum absolute atomic E-state index is 0.0132. The second kappa shape index (κ2) is 9.97. The number of aromatic nitrogens is 2. The molecule has 5 rings (SSSR count). The van der Waals surface area contributed by atoms with Crippen LogP contribution in [-0.4, -0.2) is 52.1 Å². The third-order valence-electron chi connectivity index (χ3n) is 5.97. The molecule has 1 fully saturated rings. The topological polar surface area (TPSA) is 62.5 Å². The Hall–Kier alpha value is -3.19. The van der Waals surface area contributed by atoms with Crippen molar-refractivity contribution in [2.75, 3.05) is 26.2 Å². The summed E-state index contributed by atoms with van der Waals surface area (Å²) >= 11 is 12.3. The molecule has 1 aromatic heterocycles. The molecule has 1 aliphatic heterocycles. The molecule has 2 heterocycles. The number of benzene rings is 3. The van der Waals surface area contributed by atoms with Gasteiger partial charge in [0.1, 0.15) is 0 Å². The molecule has 0 saturated carbocycles. The van der Waals surface area contributed by atoms with E-state index >= 15 is 0 Å². The van der Waals surface area contributed by atoms with Crippen LogP contribution in [0.15, 0.2) is 83.3 Å². The van der Waals surface area contributed by atoms with E-state index in [1.807, 2.05) is 78.9 Å². The van der Waals surface area contributed by atoms with E-state index in [1.54, 1.807) is 4.90 Å². The fourth-order valence-electron chi connectivity index (χ4n) is 4.23. The highest BCUT2D eigenvalue weighted by atomic mass is 35.5. The molecule has 1 aliphatic rings. The van der Waals surface area contributed by atoms with Crippen LogP contribution in [0.3, 0.4) is 0 Å². The summed E-state index contributed by atoms with van der Waals surface area (Å²) in [5, 5.41) is 9.43. The van der Waals surface area contributed by atoms with Crippen molar-refractivity contribution in [1.82, 2.24) is 20.0 Å². The second-order valence-electron chi connectivity index (χ2n) is 8.11. The largest absolute Gasteiger partial charge is 0.412 e. The molecule has 0 spiro atoms. The molecule has 0 atom stereocenters. The van der Waals surface area contributed by atoms with E-state index in [9.17, 15) is 4.79 Å². The second-order valence-corrected chi connectivity index (χ2v) is 8.99. The van der Waals surface area contributed by atoms with Crippen LogP contribution in [-0.2, 0) is 0 Å². The van der Waals surface area contributed by atoms with Gasteiger partial charge < -0.3 is 9.32 Å². The van der Waals surface area contributed by atoms with Crippen LogP contribution in [0.25, 0.3) is 11.5 Å². The first-order valence-electron chi connectivity index (χ1n) is 11.0. The van der Waals surface area contributed by atoms with Gasteiger partial charge in [0, 0.05) is 41.8 Å². The number of hydrogen-bond donors (Lipinski definition) is 0. The maximum atomic E-state index is 13.0. The number of nitrogens with zero attached hydrogens (tertiary/aromatic N) is 4. The van der Waals surface area contributed by atoms with Gasteiger partial charge in [-0.1, -0.05) is 65.7 Å². The van der Waals surface area contributed by atoms with Crippen molar-refractivity contribution in [1.29, 1.82) is 0 Å². The quantitative estimate of drug-likeness (QED) is 0.363. The van der Waals surface area contributed by atoms with Crippen LogP contribution in [0.1, 0.15) is 27.9 Å². The van der Waals surface area contributed by atoms with Crippen molar-refractivity contribution in [3.05, 3.63) is 106 Å². The van der Waals surface area contributed by atoms with E-state index < -0.39 is 0 Å². The number of carbonyl (C=O) groups is 1. The van der Waals surface area contributed by atoms with E-state index in [-0.39, 0.29) is 17.8 Å². The normalized spacial score (nSPS) is 14.5.